The smallest absolute Gasteiger partial charge is 0.341 e. The van der Waals surface area contributed by atoms with E-state index in [0.717, 1.165) is 19.4 Å². The van der Waals surface area contributed by atoms with Crippen LogP contribution in [0.2, 0.25) is 5.02 Å². The lowest BCUT2D eigenvalue weighted by atomic mass is 10.1. The lowest BCUT2D eigenvalue weighted by Gasteiger charge is -2.05. The molecule has 0 aliphatic heterocycles. The largest absolute Gasteiger partial charge is 0.462 e. The van der Waals surface area contributed by atoms with Crippen molar-refractivity contribution in [3.05, 3.63) is 39.7 Å². The normalized spacial score (nSPS) is 11.2. The Hall–Kier alpha value is -1.61. The van der Waals surface area contributed by atoms with Gasteiger partial charge in [0.1, 0.15) is 5.00 Å². The zero-order valence-corrected chi connectivity index (χ0v) is 18.8. The number of carbonyl (C=O) groups is 2. The van der Waals surface area contributed by atoms with Gasteiger partial charge in [0.15, 0.2) is 4.34 Å². The van der Waals surface area contributed by atoms with E-state index in [-0.39, 0.29) is 24.2 Å². The SMILES string of the molecule is CCOC(=O)c1cc(C(C)C)sc1NC(=O)CSc1nc2cc(Cl)ccc2s1. The lowest BCUT2D eigenvalue weighted by molar-refractivity contribution is -0.113. The number of hydrogen-bond donors (Lipinski definition) is 1. The molecule has 0 radical (unpaired) electrons. The number of anilines is 1. The van der Waals surface area contributed by atoms with Crippen LogP contribution in [0.5, 0.6) is 0 Å². The van der Waals surface area contributed by atoms with Crippen LogP contribution in [0.15, 0.2) is 28.6 Å². The van der Waals surface area contributed by atoms with Crippen LogP contribution >= 0.6 is 46.0 Å². The van der Waals surface area contributed by atoms with Crippen LogP contribution in [-0.4, -0.2) is 29.2 Å². The summed E-state index contributed by atoms with van der Waals surface area (Å²) in [5, 5.41) is 4.02. The molecule has 3 rings (SSSR count). The summed E-state index contributed by atoms with van der Waals surface area (Å²) in [5.41, 5.74) is 1.23. The van der Waals surface area contributed by atoms with Crippen molar-refractivity contribution >= 4 is 73.1 Å². The maximum atomic E-state index is 12.4. The summed E-state index contributed by atoms with van der Waals surface area (Å²) in [6, 6.07) is 7.35. The van der Waals surface area contributed by atoms with Crippen molar-refractivity contribution in [1.29, 1.82) is 0 Å². The van der Waals surface area contributed by atoms with Gasteiger partial charge in [-0.3, -0.25) is 4.79 Å². The Kier molecular flexibility index (Phi) is 6.98. The third kappa shape index (κ3) is 5.05. The van der Waals surface area contributed by atoms with Gasteiger partial charge in [-0.15, -0.1) is 22.7 Å². The van der Waals surface area contributed by atoms with Crippen molar-refractivity contribution in [2.75, 3.05) is 17.7 Å². The van der Waals surface area contributed by atoms with Gasteiger partial charge in [-0.2, -0.15) is 0 Å². The Morgan fingerprint density at radius 2 is 2.07 bits per heavy atom. The van der Waals surface area contributed by atoms with Gasteiger partial charge >= 0.3 is 5.97 Å². The topological polar surface area (TPSA) is 68.3 Å². The van der Waals surface area contributed by atoms with Crippen LogP contribution in [0, 0.1) is 0 Å². The third-order valence-electron chi connectivity index (χ3n) is 3.73. The van der Waals surface area contributed by atoms with E-state index in [1.165, 1.54) is 34.4 Å². The number of halogens is 1. The summed E-state index contributed by atoms with van der Waals surface area (Å²) in [4.78, 5) is 30.2. The number of aromatic nitrogens is 1. The number of fused-ring (bicyclic) bond motifs is 1. The Bertz CT molecular complexity index is 1010. The van der Waals surface area contributed by atoms with E-state index in [1.54, 1.807) is 13.0 Å². The highest BCUT2D eigenvalue weighted by Gasteiger charge is 2.20. The van der Waals surface area contributed by atoms with Crippen LogP contribution in [-0.2, 0) is 9.53 Å². The number of amides is 1. The van der Waals surface area contributed by atoms with Gasteiger partial charge in [0.2, 0.25) is 5.91 Å². The molecule has 1 aromatic carbocycles. The zero-order valence-electron chi connectivity index (χ0n) is 15.6. The number of thioether (sulfide) groups is 1. The number of carbonyl (C=O) groups excluding carboxylic acids is 2. The summed E-state index contributed by atoms with van der Waals surface area (Å²) >= 11 is 10.3. The van der Waals surface area contributed by atoms with Crippen LogP contribution in [0.4, 0.5) is 5.00 Å². The minimum absolute atomic E-state index is 0.190. The van der Waals surface area contributed by atoms with Crippen LogP contribution in [0.1, 0.15) is 41.9 Å². The van der Waals surface area contributed by atoms with Crippen molar-refractivity contribution in [3.8, 4) is 0 Å². The number of thiazole rings is 1. The van der Waals surface area contributed by atoms with Crippen LogP contribution in [0.25, 0.3) is 10.2 Å². The van der Waals surface area contributed by atoms with E-state index in [2.05, 4.69) is 10.3 Å². The summed E-state index contributed by atoms with van der Waals surface area (Å²) in [6.45, 7) is 6.13. The molecule has 0 bridgehead atoms. The summed E-state index contributed by atoms with van der Waals surface area (Å²) in [7, 11) is 0. The number of benzene rings is 1. The maximum Gasteiger partial charge on any atom is 0.341 e. The monoisotopic (exact) mass is 454 g/mol. The Balaban J connectivity index is 1.68. The number of nitrogens with zero attached hydrogens (tertiary/aromatic N) is 1. The number of hydrogen-bond acceptors (Lipinski definition) is 7. The molecule has 2 heterocycles. The molecular weight excluding hydrogens is 436 g/mol. The number of rotatable bonds is 7. The molecular formula is C19H19ClN2O3S3. The predicted octanol–water partition coefficient (Wildman–Crippen LogP) is 6.04. The second-order valence-corrected chi connectivity index (χ2v) is 9.97. The first-order valence-electron chi connectivity index (χ1n) is 8.67. The summed E-state index contributed by atoms with van der Waals surface area (Å²) in [5.74, 6) is -0.153. The average molecular weight is 455 g/mol. The molecule has 0 saturated heterocycles. The molecule has 0 saturated carbocycles. The molecule has 0 unspecified atom stereocenters. The molecule has 1 N–H and O–H groups in total. The van der Waals surface area contributed by atoms with Crippen molar-refractivity contribution < 1.29 is 14.3 Å². The van der Waals surface area contributed by atoms with Gasteiger partial charge in [-0.05, 0) is 37.1 Å². The third-order valence-corrected chi connectivity index (χ3v) is 7.49. The summed E-state index contributed by atoms with van der Waals surface area (Å²) in [6.07, 6.45) is 0. The highest BCUT2D eigenvalue weighted by atomic mass is 35.5. The number of thiophene rings is 1. The van der Waals surface area contributed by atoms with Gasteiger partial charge in [0, 0.05) is 9.90 Å². The predicted molar refractivity (Wildman–Crippen MR) is 118 cm³/mol. The highest BCUT2D eigenvalue weighted by Crippen LogP contribution is 2.34. The highest BCUT2D eigenvalue weighted by molar-refractivity contribution is 8.01. The molecule has 0 atom stereocenters. The molecule has 5 nitrogen and oxygen atoms in total. The van der Waals surface area contributed by atoms with Gasteiger partial charge in [0.25, 0.3) is 0 Å². The Labute approximate surface area is 180 Å². The first-order chi connectivity index (χ1) is 13.4. The number of ether oxygens (including phenoxy) is 1. The molecule has 2 aromatic heterocycles. The van der Waals surface area contributed by atoms with E-state index < -0.39 is 5.97 Å². The first-order valence-corrected chi connectivity index (χ1v) is 11.7. The fourth-order valence-electron chi connectivity index (χ4n) is 2.38. The van der Waals surface area contributed by atoms with E-state index >= 15 is 0 Å². The van der Waals surface area contributed by atoms with E-state index in [9.17, 15) is 9.59 Å². The van der Waals surface area contributed by atoms with Crippen LogP contribution in [0.3, 0.4) is 0 Å². The maximum absolute atomic E-state index is 12.4. The van der Waals surface area contributed by atoms with Crippen LogP contribution < -0.4 is 5.32 Å². The Morgan fingerprint density at radius 1 is 1.29 bits per heavy atom. The average Bonchev–Trinajstić information content (AvgIpc) is 3.23. The molecule has 148 valence electrons. The molecule has 1 amide bonds. The van der Waals surface area contributed by atoms with Crippen molar-refractivity contribution in [2.45, 2.75) is 31.0 Å². The van der Waals surface area contributed by atoms with Gasteiger partial charge in [-0.25, -0.2) is 9.78 Å². The molecule has 9 heteroatoms. The quantitative estimate of drug-likeness (QED) is 0.348. The Morgan fingerprint density at radius 3 is 2.79 bits per heavy atom. The molecule has 0 aliphatic rings. The van der Waals surface area contributed by atoms with E-state index in [4.69, 9.17) is 16.3 Å². The zero-order chi connectivity index (χ0) is 20.3. The van der Waals surface area contributed by atoms with E-state index in [0.29, 0.717) is 15.6 Å². The second-order valence-electron chi connectivity index (χ2n) is 6.20. The van der Waals surface area contributed by atoms with Gasteiger partial charge in [-0.1, -0.05) is 37.2 Å². The first kappa shape index (κ1) is 21.1. The lowest BCUT2D eigenvalue weighted by Crippen LogP contribution is -2.15. The second kappa shape index (κ2) is 9.26. The van der Waals surface area contributed by atoms with E-state index in [1.807, 2.05) is 32.0 Å². The van der Waals surface area contributed by atoms with Gasteiger partial charge in [0.05, 0.1) is 28.1 Å². The number of nitrogens with one attached hydrogen (secondary N) is 1. The molecule has 0 fully saturated rings. The molecule has 0 spiro atoms. The fraction of sp³-hybridized carbons (Fsp3) is 0.316. The molecule has 28 heavy (non-hydrogen) atoms. The minimum atomic E-state index is -0.420. The molecule has 3 aromatic rings. The standard InChI is InChI=1S/C19H19ClN2O3S3/c1-4-25-18(24)12-8-15(10(2)3)27-17(12)22-16(23)9-26-19-21-13-7-11(20)5-6-14(13)28-19/h5-8,10H,4,9H2,1-3H3,(H,22,23). The fourth-order valence-corrected chi connectivity index (χ4v) is 5.46. The molecule has 0 aliphatic carbocycles. The summed E-state index contributed by atoms with van der Waals surface area (Å²) < 4.78 is 6.93. The number of esters is 1. The van der Waals surface area contributed by atoms with Crippen molar-refractivity contribution in [3.63, 3.8) is 0 Å². The van der Waals surface area contributed by atoms with Crippen molar-refractivity contribution in [2.24, 2.45) is 0 Å². The van der Waals surface area contributed by atoms with Gasteiger partial charge < -0.3 is 10.1 Å². The van der Waals surface area contributed by atoms with Crippen molar-refractivity contribution in [1.82, 2.24) is 4.98 Å². The minimum Gasteiger partial charge on any atom is -0.462 e.